The molecule has 0 aliphatic heterocycles. The molecule has 0 saturated carbocycles. The summed E-state index contributed by atoms with van der Waals surface area (Å²) >= 11 is 0. The minimum Gasteiger partial charge on any atom is -0.422 e. The summed E-state index contributed by atoms with van der Waals surface area (Å²) in [6.07, 6.45) is 2.34. The lowest BCUT2D eigenvalue weighted by Crippen LogP contribution is -2.02. The highest BCUT2D eigenvalue weighted by Gasteiger charge is 2.09. The molecule has 1 aromatic heterocycles. The van der Waals surface area contributed by atoms with Crippen LogP contribution in [0.3, 0.4) is 0 Å². The lowest BCUT2D eigenvalue weighted by molar-refractivity contribution is 0.557. The van der Waals surface area contributed by atoms with Gasteiger partial charge >= 0.3 is 5.63 Å². The average Bonchev–Trinajstić information content (AvgIpc) is 2.22. The first-order chi connectivity index (χ1) is 7.63. The molecule has 16 heavy (non-hydrogen) atoms. The van der Waals surface area contributed by atoms with Gasteiger partial charge in [0.1, 0.15) is 5.58 Å². The van der Waals surface area contributed by atoms with Gasteiger partial charge in [-0.05, 0) is 31.0 Å². The van der Waals surface area contributed by atoms with E-state index in [2.05, 4.69) is 6.58 Å². The van der Waals surface area contributed by atoms with Gasteiger partial charge in [0.15, 0.2) is 0 Å². The molecule has 0 fully saturated rings. The van der Waals surface area contributed by atoms with Gasteiger partial charge in [-0.25, -0.2) is 4.79 Å². The van der Waals surface area contributed by atoms with Crippen molar-refractivity contribution < 1.29 is 4.42 Å². The first-order valence-electron chi connectivity index (χ1n) is 5.06. The lowest BCUT2D eigenvalue weighted by atomic mass is 10.0. The van der Waals surface area contributed by atoms with Crippen molar-refractivity contribution in [2.24, 2.45) is 0 Å². The molecule has 0 aliphatic carbocycles. The van der Waals surface area contributed by atoms with E-state index < -0.39 is 0 Å². The standard InChI is InChI=1S/C13H13NO2/c1-3-4-10-11(14)6-5-9-8(2)7-12(15)16-13(9)10/h3,5-7H,1,4,14H2,2H3. The highest BCUT2D eigenvalue weighted by atomic mass is 16.4. The maximum Gasteiger partial charge on any atom is 0.336 e. The van der Waals surface area contributed by atoms with Crippen molar-refractivity contribution >= 4 is 16.7 Å². The van der Waals surface area contributed by atoms with Gasteiger partial charge in [0.2, 0.25) is 0 Å². The summed E-state index contributed by atoms with van der Waals surface area (Å²) < 4.78 is 5.22. The molecule has 0 aliphatic rings. The number of allylic oxidation sites excluding steroid dienone is 1. The number of anilines is 1. The fourth-order valence-corrected chi connectivity index (χ4v) is 1.81. The molecule has 3 nitrogen and oxygen atoms in total. The van der Waals surface area contributed by atoms with Crippen LogP contribution < -0.4 is 11.4 Å². The van der Waals surface area contributed by atoms with E-state index in [9.17, 15) is 4.79 Å². The normalized spacial score (nSPS) is 10.6. The van der Waals surface area contributed by atoms with Crippen LogP contribution in [-0.2, 0) is 6.42 Å². The minimum absolute atomic E-state index is 0.346. The van der Waals surface area contributed by atoms with E-state index in [4.69, 9.17) is 10.2 Å². The molecular formula is C13H13NO2. The van der Waals surface area contributed by atoms with Crippen LogP contribution in [0.1, 0.15) is 11.1 Å². The maximum atomic E-state index is 11.3. The van der Waals surface area contributed by atoms with Gasteiger partial charge in [0, 0.05) is 22.7 Å². The Morgan fingerprint density at radius 1 is 1.50 bits per heavy atom. The largest absolute Gasteiger partial charge is 0.422 e. The second-order valence-electron chi connectivity index (χ2n) is 3.75. The Bertz CT molecular complexity index is 611. The number of aryl methyl sites for hydroxylation is 1. The van der Waals surface area contributed by atoms with Crippen molar-refractivity contribution in [2.45, 2.75) is 13.3 Å². The Morgan fingerprint density at radius 2 is 2.25 bits per heavy atom. The van der Waals surface area contributed by atoms with Crippen molar-refractivity contribution in [3.8, 4) is 0 Å². The van der Waals surface area contributed by atoms with E-state index in [1.165, 1.54) is 6.07 Å². The van der Waals surface area contributed by atoms with Gasteiger partial charge in [0.05, 0.1) is 0 Å². The number of nitrogens with two attached hydrogens (primary N) is 1. The molecule has 3 heteroatoms. The summed E-state index contributed by atoms with van der Waals surface area (Å²) in [4.78, 5) is 11.3. The number of benzene rings is 1. The molecule has 0 unspecified atom stereocenters. The molecule has 0 amide bonds. The fourth-order valence-electron chi connectivity index (χ4n) is 1.81. The highest BCUT2D eigenvalue weighted by molar-refractivity contribution is 5.87. The molecule has 2 N–H and O–H groups in total. The van der Waals surface area contributed by atoms with Crippen LogP contribution in [-0.4, -0.2) is 0 Å². The Balaban J connectivity index is 2.90. The van der Waals surface area contributed by atoms with Crippen LogP contribution >= 0.6 is 0 Å². The molecule has 1 aromatic carbocycles. The zero-order valence-electron chi connectivity index (χ0n) is 9.12. The van der Waals surface area contributed by atoms with E-state index >= 15 is 0 Å². The molecule has 2 aromatic rings. The van der Waals surface area contributed by atoms with Crippen molar-refractivity contribution in [1.29, 1.82) is 0 Å². The van der Waals surface area contributed by atoms with Gasteiger partial charge in [0.25, 0.3) is 0 Å². The summed E-state index contributed by atoms with van der Waals surface area (Å²) in [6, 6.07) is 5.18. The van der Waals surface area contributed by atoms with Gasteiger partial charge < -0.3 is 10.2 Å². The van der Waals surface area contributed by atoms with E-state index in [0.29, 0.717) is 17.7 Å². The third-order valence-corrected chi connectivity index (χ3v) is 2.61. The second kappa shape index (κ2) is 3.85. The van der Waals surface area contributed by atoms with Crippen molar-refractivity contribution in [2.75, 3.05) is 5.73 Å². The van der Waals surface area contributed by atoms with Crippen LogP contribution in [0.2, 0.25) is 0 Å². The maximum absolute atomic E-state index is 11.3. The summed E-state index contributed by atoms with van der Waals surface area (Å²) in [5, 5.41) is 0.922. The monoisotopic (exact) mass is 215 g/mol. The smallest absolute Gasteiger partial charge is 0.336 e. The number of hydrogen-bond acceptors (Lipinski definition) is 3. The summed E-state index contributed by atoms with van der Waals surface area (Å²) in [5.41, 5.74) is 8.44. The first-order valence-corrected chi connectivity index (χ1v) is 5.06. The summed E-state index contributed by atoms with van der Waals surface area (Å²) in [6.45, 7) is 5.56. The predicted molar refractivity (Wildman–Crippen MR) is 65.5 cm³/mol. The number of hydrogen-bond donors (Lipinski definition) is 1. The fraction of sp³-hybridized carbons (Fsp3) is 0.154. The van der Waals surface area contributed by atoms with Gasteiger partial charge in [-0.15, -0.1) is 6.58 Å². The number of nitrogen functional groups attached to an aromatic ring is 1. The van der Waals surface area contributed by atoms with E-state index in [0.717, 1.165) is 16.5 Å². The molecule has 0 bridgehead atoms. The van der Waals surface area contributed by atoms with Crippen LogP contribution in [0, 0.1) is 6.92 Å². The second-order valence-corrected chi connectivity index (χ2v) is 3.75. The molecule has 82 valence electrons. The number of fused-ring (bicyclic) bond motifs is 1. The molecule has 2 rings (SSSR count). The van der Waals surface area contributed by atoms with Gasteiger partial charge in [-0.1, -0.05) is 6.08 Å². The Labute approximate surface area is 93.2 Å². The summed E-state index contributed by atoms with van der Waals surface area (Å²) in [5.74, 6) is 0. The molecule has 0 radical (unpaired) electrons. The van der Waals surface area contributed by atoms with Crippen molar-refractivity contribution in [1.82, 2.24) is 0 Å². The SMILES string of the molecule is C=CCc1c(N)ccc2c(C)cc(=O)oc12. The topological polar surface area (TPSA) is 56.2 Å². The van der Waals surface area contributed by atoms with Crippen LogP contribution in [0.25, 0.3) is 11.0 Å². The zero-order valence-corrected chi connectivity index (χ0v) is 9.12. The van der Waals surface area contributed by atoms with Crippen LogP contribution in [0.5, 0.6) is 0 Å². The van der Waals surface area contributed by atoms with E-state index in [1.807, 2.05) is 19.1 Å². The minimum atomic E-state index is -0.346. The van der Waals surface area contributed by atoms with E-state index in [-0.39, 0.29) is 5.63 Å². The van der Waals surface area contributed by atoms with Gasteiger partial charge in [-0.2, -0.15) is 0 Å². The average molecular weight is 215 g/mol. The van der Waals surface area contributed by atoms with Crippen molar-refractivity contribution in [3.63, 3.8) is 0 Å². The molecule has 0 saturated heterocycles. The lowest BCUT2D eigenvalue weighted by Gasteiger charge is -2.07. The van der Waals surface area contributed by atoms with E-state index in [1.54, 1.807) is 6.08 Å². The quantitative estimate of drug-likeness (QED) is 0.475. The zero-order chi connectivity index (χ0) is 11.7. The predicted octanol–water partition coefficient (Wildman–Crippen LogP) is 2.41. The third kappa shape index (κ3) is 1.60. The van der Waals surface area contributed by atoms with Crippen molar-refractivity contribution in [3.05, 3.63) is 52.4 Å². The number of rotatable bonds is 2. The molecular weight excluding hydrogens is 202 g/mol. The molecule has 1 heterocycles. The molecule has 0 spiro atoms. The first kappa shape index (κ1) is 10.5. The van der Waals surface area contributed by atoms with Crippen LogP contribution in [0.15, 0.2) is 40.1 Å². The Morgan fingerprint density at radius 3 is 2.94 bits per heavy atom. The van der Waals surface area contributed by atoms with Gasteiger partial charge in [-0.3, -0.25) is 0 Å². The highest BCUT2D eigenvalue weighted by Crippen LogP contribution is 2.25. The third-order valence-electron chi connectivity index (χ3n) is 2.61. The van der Waals surface area contributed by atoms with Crippen LogP contribution in [0.4, 0.5) is 5.69 Å². The Hall–Kier alpha value is -2.03. The molecule has 0 atom stereocenters. The Kier molecular flexibility index (Phi) is 2.52. The summed E-state index contributed by atoms with van der Waals surface area (Å²) in [7, 11) is 0.